The quantitative estimate of drug-likeness (QED) is 0.889. The molecule has 1 unspecified atom stereocenters. The smallest absolute Gasteiger partial charge is 0.257 e. The molecule has 2 rings (SSSR count). The molecule has 0 spiro atoms. The number of aromatic nitrogens is 1. The first-order valence-electron chi connectivity index (χ1n) is 6.28. The number of benzene rings is 1. The summed E-state index contributed by atoms with van der Waals surface area (Å²) in [5.74, 6) is 0.495. The summed E-state index contributed by atoms with van der Waals surface area (Å²) in [6, 6.07) is 6.90. The van der Waals surface area contributed by atoms with Crippen LogP contribution in [0.1, 0.15) is 36.0 Å². The van der Waals surface area contributed by atoms with E-state index in [0.717, 1.165) is 5.75 Å². The molecule has 1 aromatic heterocycles. The molecule has 2 N–H and O–H groups in total. The van der Waals surface area contributed by atoms with Gasteiger partial charge >= 0.3 is 0 Å². The minimum atomic E-state index is -0.637. The number of nitrogens with zero attached hydrogens (tertiary/aromatic N) is 1. The van der Waals surface area contributed by atoms with Gasteiger partial charge in [0, 0.05) is 10.9 Å². The third-order valence-corrected chi connectivity index (χ3v) is 3.37. The van der Waals surface area contributed by atoms with Gasteiger partial charge in [-0.3, -0.25) is 10.1 Å². The molecule has 1 aromatic carbocycles. The Hall–Kier alpha value is -1.92. The van der Waals surface area contributed by atoms with E-state index in [0.29, 0.717) is 23.0 Å². The van der Waals surface area contributed by atoms with Crippen molar-refractivity contribution in [2.24, 2.45) is 0 Å². The second kappa shape index (κ2) is 6.49. The number of hydrogen-bond acceptors (Lipinski definition) is 5. The number of aliphatic hydroxyl groups is 1. The monoisotopic (exact) mass is 292 g/mol. The minimum absolute atomic E-state index is 0.237. The van der Waals surface area contributed by atoms with Crippen LogP contribution in [-0.2, 0) is 0 Å². The molecule has 20 heavy (non-hydrogen) atoms. The highest BCUT2D eigenvalue weighted by atomic mass is 32.1. The van der Waals surface area contributed by atoms with Crippen LogP contribution in [0.15, 0.2) is 29.6 Å². The lowest BCUT2D eigenvalue weighted by atomic mass is 10.2. The molecule has 106 valence electrons. The van der Waals surface area contributed by atoms with Crippen LogP contribution in [0.3, 0.4) is 0 Å². The van der Waals surface area contributed by atoms with Gasteiger partial charge in [-0.2, -0.15) is 0 Å². The Labute approximate surface area is 121 Å². The zero-order valence-corrected chi connectivity index (χ0v) is 12.1. The SMILES string of the molecule is CCOc1ccc(C(=O)Nc2nc(C(C)O)cs2)cc1. The topological polar surface area (TPSA) is 71.5 Å². The van der Waals surface area contributed by atoms with Crippen molar-refractivity contribution < 1.29 is 14.6 Å². The first-order chi connectivity index (χ1) is 9.60. The fourth-order valence-corrected chi connectivity index (χ4v) is 2.37. The van der Waals surface area contributed by atoms with E-state index in [1.807, 2.05) is 6.92 Å². The summed E-state index contributed by atoms with van der Waals surface area (Å²) < 4.78 is 5.32. The zero-order chi connectivity index (χ0) is 14.5. The summed E-state index contributed by atoms with van der Waals surface area (Å²) in [7, 11) is 0. The maximum atomic E-state index is 12.0. The van der Waals surface area contributed by atoms with Crippen LogP contribution in [0, 0.1) is 0 Å². The molecule has 0 bridgehead atoms. The van der Waals surface area contributed by atoms with Gasteiger partial charge in [0.05, 0.1) is 18.4 Å². The van der Waals surface area contributed by atoms with Crippen molar-refractivity contribution in [1.29, 1.82) is 0 Å². The predicted molar refractivity (Wildman–Crippen MR) is 78.3 cm³/mol. The van der Waals surface area contributed by atoms with Crippen LogP contribution in [-0.4, -0.2) is 22.6 Å². The Morgan fingerprint density at radius 2 is 2.15 bits per heavy atom. The summed E-state index contributed by atoms with van der Waals surface area (Å²) in [5, 5.41) is 14.3. The highest BCUT2D eigenvalue weighted by Crippen LogP contribution is 2.21. The number of nitrogens with one attached hydrogen (secondary N) is 1. The largest absolute Gasteiger partial charge is 0.494 e. The van der Waals surface area contributed by atoms with Crippen molar-refractivity contribution in [3.05, 3.63) is 40.9 Å². The summed E-state index contributed by atoms with van der Waals surface area (Å²) in [6.07, 6.45) is -0.637. The highest BCUT2D eigenvalue weighted by Gasteiger charge is 2.11. The van der Waals surface area contributed by atoms with Crippen LogP contribution < -0.4 is 10.1 Å². The predicted octanol–water partition coefficient (Wildman–Crippen LogP) is 2.85. The van der Waals surface area contributed by atoms with Gasteiger partial charge in [-0.1, -0.05) is 0 Å². The number of thiazole rings is 1. The molecule has 1 amide bonds. The van der Waals surface area contributed by atoms with Gasteiger partial charge in [0.2, 0.25) is 0 Å². The molecule has 0 radical (unpaired) electrons. The molecule has 1 heterocycles. The summed E-state index contributed by atoms with van der Waals surface area (Å²) in [5.41, 5.74) is 1.08. The molecule has 0 aliphatic heterocycles. The number of hydrogen-bond donors (Lipinski definition) is 2. The van der Waals surface area contributed by atoms with Crippen LogP contribution in [0.2, 0.25) is 0 Å². The Bertz CT molecular complexity index is 578. The van der Waals surface area contributed by atoms with Crippen molar-refractivity contribution >= 4 is 22.4 Å². The van der Waals surface area contributed by atoms with E-state index >= 15 is 0 Å². The molecule has 0 saturated carbocycles. The molecule has 0 aliphatic rings. The fraction of sp³-hybridized carbons (Fsp3) is 0.286. The molecular weight excluding hydrogens is 276 g/mol. The summed E-state index contributed by atoms with van der Waals surface area (Å²) in [6.45, 7) is 4.13. The third-order valence-electron chi connectivity index (χ3n) is 2.60. The molecule has 6 heteroatoms. The zero-order valence-electron chi connectivity index (χ0n) is 11.3. The molecule has 0 aliphatic carbocycles. The Kier molecular flexibility index (Phi) is 4.70. The van der Waals surface area contributed by atoms with Gasteiger partial charge in [-0.15, -0.1) is 11.3 Å². The van der Waals surface area contributed by atoms with Crippen LogP contribution in [0.5, 0.6) is 5.75 Å². The lowest BCUT2D eigenvalue weighted by Crippen LogP contribution is -2.11. The average Bonchev–Trinajstić information content (AvgIpc) is 2.88. The standard InChI is InChI=1S/C14H16N2O3S/c1-3-19-11-6-4-10(5-7-11)13(18)16-14-15-12(8-20-14)9(2)17/h4-9,17H,3H2,1-2H3,(H,15,16,18). The Morgan fingerprint density at radius 3 is 2.70 bits per heavy atom. The van der Waals surface area contributed by atoms with Crippen molar-refractivity contribution in [3.63, 3.8) is 0 Å². The minimum Gasteiger partial charge on any atom is -0.494 e. The second-order valence-corrected chi connectivity index (χ2v) is 5.02. The number of anilines is 1. The van der Waals surface area contributed by atoms with Gasteiger partial charge < -0.3 is 9.84 Å². The molecule has 2 aromatic rings. The maximum Gasteiger partial charge on any atom is 0.257 e. The van der Waals surface area contributed by atoms with Crippen molar-refractivity contribution in [3.8, 4) is 5.75 Å². The van der Waals surface area contributed by atoms with Crippen molar-refractivity contribution in [2.75, 3.05) is 11.9 Å². The van der Waals surface area contributed by atoms with Gasteiger partial charge in [-0.05, 0) is 38.1 Å². The number of amides is 1. The van der Waals surface area contributed by atoms with E-state index < -0.39 is 6.10 Å². The highest BCUT2D eigenvalue weighted by molar-refractivity contribution is 7.14. The van der Waals surface area contributed by atoms with Crippen LogP contribution in [0.25, 0.3) is 0 Å². The van der Waals surface area contributed by atoms with E-state index in [9.17, 15) is 9.90 Å². The Balaban J connectivity index is 2.03. The van der Waals surface area contributed by atoms with Gasteiger partial charge in [0.1, 0.15) is 5.75 Å². The van der Waals surface area contributed by atoms with E-state index in [4.69, 9.17) is 4.74 Å². The lowest BCUT2D eigenvalue weighted by Gasteiger charge is -2.05. The number of rotatable bonds is 5. The van der Waals surface area contributed by atoms with E-state index in [-0.39, 0.29) is 5.91 Å². The number of carbonyl (C=O) groups excluding carboxylic acids is 1. The number of aliphatic hydroxyl groups excluding tert-OH is 1. The molecule has 0 fully saturated rings. The molecule has 0 saturated heterocycles. The van der Waals surface area contributed by atoms with Crippen LogP contribution >= 0.6 is 11.3 Å². The lowest BCUT2D eigenvalue weighted by molar-refractivity contribution is 0.102. The van der Waals surface area contributed by atoms with E-state index in [2.05, 4.69) is 10.3 Å². The molecule has 1 atom stereocenters. The van der Waals surface area contributed by atoms with Crippen molar-refractivity contribution in [2.45, 2.75) is 20.0 Å². The number of ether oxygens (including phenoxy) is 1. The van der Waals surface area contributed by atoms with Gasteiger partial charge in [0.15, 0.2) is 5.13 Å². The fourth-order valence-electron chi connectivity index (χ4n) is 1.57. The summed E-state index contributed by atoms with van der Waals surface area (Å²) >= 11 is 1.28. The average molecular weight is 292 g/mol. The molecular formula is C14H16N2O3S. The van der Waals surface area contributed by atoms with E-state index in [1.54, 1.807) is 36.6 Å². The van der Waals surface area contributed by atoms with Gasteiger partial charge in [0.25, 0.3) is 5.91 Å². The third kappa shape index (κ3) is 3.55. The number of carbonyl (C=O) groups is 1. The van der Waals surface area contributed by atoms with Crippen LogP contribution in [0.4, 0.5) is 5.13 Å². The molecule has 5 nitrogen and oxygen atoms in total. The first kappa shape index (κ1) is 14.5. The van der Waals surface area contributed by atoms with E-state index in [1.165, 1.54) is 11.3 Å². The summed E-state index contributed by atoms with van der Waals surface area (Å²) in [4.78, 5) is 16.1. The van der Waals surface area contributed by atoms with Crippen molar-refractivity contribution in [1.82, 2.24) is 4.98 Å². The Morgan fingerprint density at radius 1 is 1.45 bits per heavy atom. The second-order valence-electron chi connectivity index (χ2n) is 4.17. The normalized spacial score (nSPS) is 11.9. The first-order valence-corrected chi connectivity index (χ1v) is 7.15. The van der Waals surface area contributed by atoms with Gasteiger partial charge in [-0.25, -0.2) is 4.98 Å². The maximum absolute atomic E-state index is 12.0.